The zero-order chi connectivity index (χ0) is 27.3. The van der Waals surface area contributed by atoms with Crippen molar-refractivity contribution in [2.45, 2.75) is 43.0 Å². The number of ether oxygens (including phenoxy) is 5. The quantitative estimate of drug-likeness (QED) is 0.143. The van der Waals surface area contributed by atoms with Crippen LogP contribution in [0.2, 0.25) is 0 Å². The van der Waals surface area contributed by atoms with Gasteiger partial charge in [0.1, 0.15) is 31.3 Å². The molecular weight excluding hydrogens is 524 g/mol. The maximum absolute atomic E-state index is 12.0. The fourth-order valence-electron chi connectivity index (χ4n) is 4.74. The molecule has 2 aromatic rings. The van der Waals surface area contributed by atoms with Gasteiger partial charge in [-0.05, 0) is 25.0 Å². The molecule has 0 spiro atoms. The minimum Gasteiger partial charge on any atom is -0.491 e. The smallest absolute Gasteiger partial charge is 0.315 e. The first kappa shape index (κ1) is 29.3. The number of hydrogen-bond donors (Lipinski definition) is 3. The highest BCUT2D eigenvalue weighted by atomic mass is 32.2. The lowest BCUT2D eigenvalue weighted by molar-refractivity contribution is -0.145. The first-order chi connectivity index (χ1) is 19.2. The average molecular weight is 563 g/mol. The predicted octanol–water partition coefficient (Wildman–Crippen LogP) is 2.89. The summed E-state index contributed by atoms with van der Waals surface area (Å²) < 4.78 is 27.9. The van der Waals surface area contributed by atoms with Crippen molar-refractivity contribution in [3.8, 4) is 11.5 Å². The number of benzene rings is 2. The highest BCUT2D eigenvalue weighted by molar-refractivity contribution is 8.00. The van der Waals surface area contributed by atoms with E-state index in [4.69, 9.17) is 28.8 Å². The van der Waals surface area contributed by atoms with Crippen molar-refractivity contribution in [2.75, 3.05) is 58.6 Å². The molecule has 4 rings (SSSR count). The van der Waals surface area contributed by atoms with Gasteiger partial charge < -0.3 is 39.4 Å². The number of amides is 2. The van der Waals surface area contributed by atoms with E-state index in [1.54, 1.807) is 0 Å². The summed E-state index contributed by atoms with van der Waals surface area (Å²) in [7, 11) is 0. The number of urea groups is 1. The molecule has 2 aliphatic rings. The number of aliphatic hydroxyl groups is 1. The van der Waals surface area contributed by atoms with Crippen LogP contribution in [0.25, 0.3) is 10.8 Å². The number of esters is 1. The van der Waals surface area contributed by atoms with Crippen LogP contribution in [0.1, 0.15) is 25.7 Å². The predicted molar refractivity (Wildman–Crippen MR) is 149 cm³/mol. The summed E-state index contributed by atoms with van der Waals surface area (Å²) in [5.74, 6) is 2.22. The lowest BCUT2D eigenvalue weighted by Crippen LogP contribution is -2.36. The first-order valence-corrected chi connectivity index (χ1v) is 14.6. The van der Waals surface area contributed by atoms with Crippen molar-refractivity contribution in [1.82, 2.24) is 10.6 Å². The minimum atomic E-state index is -0.212. The third kappa shape index (κ3) is 8.89. The summed E-state index contributed by atoms with van der Waals surface area (Å²) >= 11 is 1.89. The molecule has 2 amide bonds. The number of rotatable bonds is 18. The second-order valence-electron chi connectivity index (χ2n) is 9.34. The Balaban J connectivity index is 1.05. The Morgan fingerprint density at radius 1 is 0.872 bits per heavy atom. The first-order valence-electron chi connectivity index (χ1n) is 13.5. The number of fused-ring (bicyclic) bond motifs is 2. The molecule has 3 atom stereocenters. The van der Waals surface area contributed by atoms with E-state index in [0.717, 1.165) is 47.3 Å². The number of carbonyl (C=O) groups is 2. The maximum Gasteiger partial charge on any atom is 0.315 e. The van der Waals surface area contributed by atoms with Crippen LogP contribution in [-0.4, -0.2) is 93.0 Å². The second kappa shape index (κ2) is 15.8. The van der Waals surface area contributed by atoms with E-state index in [-0.39, 0.29) is 37.3 Å². The molecule has 39 heavy (non-hydrogen) atoms. The van der Waals surface area contributed by atoms with Crippen LogP contribution < -0.4 is 20.1 Å². The Morgan fingerprint density at radius 2 is 1.54 bits per heavy atom. The van der Waals surface area contributed by atoms with Crippen molar-refractivity contribution >= 4 is 34.5 Å². The van der Waals surface area contributed by atoms with Crippen LogP contribution in [0.5, 0.6) is 11.5 Å². The molecule has 2 aliphatic heterocycles. The zero-order valence-corrected chi connectivity index (χ0v) is 22.9. The van der Waals surface area contributed by atoms with E-state index in [0.29, 0.717) is 51.3 Å². The number of unbranched alkanes of at least 4 members (excludes halogenated alkanes) is 1. The fraction of sp³-hybridized carbons (Fsp3) is 0.571. The summed E-state index contributed by atoms with van der Waals surface area (Å²) in [6, 6.07) is 12.0. The number of carbonyl (C=O) groups excluding carboxylic acids is 2. The molecule has 0 radical (unpaired) electrons. The maximum atomic E-state index is 12.0. The zero-order valence-electron chi connectivity index (χ0n) is 22.1. The molecule has 0 bridgehead atoms. The topological polar surface area (TPSA) is 125 Å². The third-order valence-corrected chi connectivity index (χ3v) is 8.11. The number of hydrogen-bond acceptors (Lipinski definition) is 9. The molecular formula is C28H38N2O8S. The summed E-state index contributed by atoms with van der Waals surface area (Å²) in [6.45, 7) is 2.35. The van der Waals surface area contributed by atoms with Gasteiger partial charge in [-0.15, -0.1) is 0 Å². The molecule has 11 heteroatoms. The Morgan fingerprint density at radius 3 is 2.23 bits per heavy atom. The average Bonchev–Trinajstić information content (AvgIpc) is 3.49. The van der Waals surface area contributed by atoms with Gasteiger partial charge in [0.05, 0.1) is 45.1 Å². The van der Waals surface area contributed by atoms with Crippen molar-refractivity contribution in [1.29, 1.82) is 0 Å². The van der Waals surface area contributed by atoms with Crippen molar-refractivity contribution in [3.63, 3.8) is 0 Å². The largest absolute Gasteiger partial charge is 0.491 e. The van der Waals surface area contributed by atoms with Gasteiger partial charge in [0.15, 0.2) is 0 Å². The highest BCUT2D eigenvalue weighted by Gasteiger charge is 2.42. The van der Waals surface area contributed by atoms with E-state index >= 15 is 0 Å². The van der Waals surface area contributed by atoms with E-state index in [1.165, 1.54) is 0 Å². The fourth-order valence-corrected chi connectivity index (χ4v) is 6.28. The van der Waals surface area contributed by atoms with Gasteiger partial charge in [-0.1, -0.05) is 30.7 Å². The van der Waals surface area contributed by atoms with Gasteiger partial charge in [-0.2, -0.15) is 11.8 Å². The molecule has 2 heterocycles. The second-order valence-corrected chi connectivity index (χ2v) is 10.6. The molecule has 0 aromatic heterocycles. The van der Waals surface area contributed by atoms with Crippen molar-refractivity contribution in [2.24, 2.45) is 0 Å². The van der Waals surface area contributed by atoms with Gasteiger partial charge in [0, 0.05) is 28.2 Å². The molecule has 2 fully saturated rings. The Hall–Kier alpha value is -2.73. The van der Waals surface area contributed by atoms with Gasteiger partial charge in [0.25, 0.3) is 0 Å². The van der Waals surface area contributed by atoms with E-state index in [2.05, 4.69) is 10.6 Å². The van der Waals surface area contributed by atoms with Crippen LogP contribution in [-0.2, 0) is 19.0 Å². The summed E-state index contributed by atoms with van der Waals surface area (Å²) in [5.41, 5.74) is 0. The molecule has 10 nitrogen and oxygen atoms in total. The molecule has 3 unspecified atom stereocenters. The van der Waals surface area contributed by atoms with Crippen LogP contribution in [0, 0.1) is 0 Å². The standard InChI is InChI=1S/C28H38N2O8S/c31-11-12-34-13-16-36-23-7-3-6-21-20(23)5-4-8-24(21)37-17-14-35-15-18-38-26(32)10-2-1-9-25-27-22(19-39-25)29-28(33)30-27/h3-8,22,25,27,31H,1-2,9-19H2,(H2,29,30,33). The van der Waals surface area contributed by atoms with Crippen LogP contribution in [0.15, 0.2) is 36.4 Å². The molecule has 214 valence electrons. The minimum absolute atomic E-state index is 0.00678. The number of nitrogens with one attached hydrogen (secondary N) is 2. The molecule has 2 aromatic carbocycles. The molecule has 3 N–H and O–H groups in total. The normalized spacial score (nSPS) is 19.9. The van der Waals surface area contributed by atoms with Gasteiger partial charge in [-0.3, -0.25) is 4.79 Å². The van der Waals surface area contributed by atoms with E-state index < -0.39 is 0 Å². The number of aliphatic hydroxyl groups excluding tert-OH is 1. The van der Waals surface area contributed by atoms with Gasteiger partial charge >= 0.3 is 12.0 Å². The third-order valence-electron chi connectivity index (χ3n) is 6.60. The summed E-state index contributed by atoms with van der Waals surface area (Å²) in [5, 5.41) is 17.0. The molecule has 2 saturated heterocycles. The van der Waals surface area contributed by atoms with Crippen LogP contribution in [0.4, 0.5) is 4.79 Å². The Kier molecular flexibility index (Phi) is 11.8. The van der Waals surface area contributed by atoms with Crippen LogP contribution >= 0.6 is 11.8 Å². The summed E-state index contributed by atoms with van der Waals surface area (Å²) in [6.07, 6.45) is 3.08. The number of thioether (sulfide) groups is 1. The molecule has 0 saturated carbocycles. The lowest BCUT2D eigenvalue weighted by atomic mass is 10.0. The van der Waals surface area contributed by atoms with Crippen molar-refractivity contribution < 1.29 is 38.4 Å². The Labute approximate surface area is 233 Å². The van der Waals surface area contributed by atoms with E-state index in [1.807, 2.05) is 48.2 Å². The van der Waals surface area contributed by atoms with E-state index in [9.17, 15) is 9.59 Å². The SMILES string of the molecule is O=C1NC2CSC(CCCCC(=O)OCCOCCOc3cccc4c(OCCOCCO)cccc34)C2N1. The Bertz CT molecular complexity index is 1070. The summed E-state index contributed by atoms with van der Waals surface area (Å²) in [4.78, 5) is 23.5. The van der Waals surface area contributed by atoms with Crippen molar-refractivity contribution in [3.05, 3.63) is 36.4 Å². The highest BCUT2D eigenvalue weighted by Crippen LogP contribution is 2.33. The lowest BCUT2D eigenvalue weighted by Gasteiger charge is -2.16. The van der Waals surface area contributed by atoms with Crippen LogP contribution in [0.3, 0.4) is 0 Å². The van der Waals surface area contributed by atoms with Gasteiger partial charge in [0.2, 0.25) is 0 Å². The molecule has 0 aliphatic carbocycles. The van der Waals surface area contributed by atoms with Gasteiger partial charge in [-0.25, -0.2) is 4.79 Å². The monoisotopic (exact) mass is 562 g/mol.